The lowest BCUT2D eigenvalue weighted by Gasteiger charge is -2.07. The Bertz CT molecular complexity index is 346. The van der Waals surface area contributed by atoms with Crippen molar-refractivity contribution in [2.24, 2.45) is 0 Å². The van der Waals surface area contributed by atoms with Gasteiger partial charge < -0.3 is 10.4 Å². The van der Waals surface area contributed by atoms with Crippen LogP contribution in [0.1, 0.15) is 17.3 Å². The number of hydrogen-bond donors (Lipinski definition) is 2. The highest BCUT2D eigenvalue weighted by Gasteiger charge is 2.08. The molecule has 0 heterocycles. The van der Waals surface area contributed by atoms with Gasteiger partial charge in [-0.3, -0.25) is 4.79 Å². The van der Waals surface area contributed by atoms with E-state index in [0.717, 1.165) is 0 Å². The molecule has 1 aromatic rings. The number of halogens is 2. The molecule has 1 atom stereocenters. The van der Waals surface area contributed by atoms with Crippen LogP contribution < -0.4 is 5.32 Å². The van der Waals surface area contributed by atoms with Gasteiger partial charge in [-0.05, 0) is 25.1 Å². The van der Waals surface area contributed by atoms with Crippen LogP contribution in [0.25, 0.3) is 0 Å². The SMILES string of the molecule is CC(O)CNC(=O)c1cc(Cl)cc(Cl)c1. The molecule has 0 fully saturated rings. The van der Waals surface area contributed by atoms with Crippen molar-refractivity contribution in [2.75, 3.05) is 6.54 Å². The van der Waals surface area contributed by atoms with Gasteiger partial charge in [0.15, 0.2) is 0 Å². The van der Waals surface area contributed by atoms with Gasteiger partial charge in [0.05, 0.1) is 6.10 Å². The molecule has 0 radical (unpaired) electrons. The molecule has 0 aromatic heterocycles. The Labute approximate surface area is 98.0 Å². The minimum absolute atomic E-state index is 0.197. The molecule has 0 spiro atoms. The molecule has 1 amide bonds. The van der Waals surface area contributed by atoms with Crippen LogP contribution in [0, 0.1) is 0 Å². The number of aliphatic hydroxyl groups is 1. The molecule has 0 saturated carbocycles. The molecular weight excluding hydrogens is 237 g/mol. The quantitative estimate of drug-likeness (QED) is 0.860. The van der Waals surface area contributed by atoms with E-state index in [1.807, 2.05) is 0 Å². The van der Waals surface area contributed by atoms with Gasteiger partial charge in [0.25, 0.3) is 5.91 Å². The third-order valence-electron chi connectivity index (χ3n) is 1.68. The molecule has 3 nitrogen and oxygen atoms in total. The third-order valence-corrected chi connectivity index (χ3v) is 2.12. The van der Waals surface area contributed by atoms with Crippen LogP contribution in [0.2, 0.25) is 10.0 Å². The molecule has 1 aromatic carbocycles. The lowest BCUT2D eigenvalue weighted by atomic mass is 10.2. The topological polar surface area (TPSA) is 49.3 Å². The average Bonchev–Trinajstić information content (AvgIpc) is 2.12. The number of nitrogens with one attached hydrogen (secondary N) is 1. The van der Waals surface area contributed by atoms with E-state index in [0.29, 0.717) is 15.6 Å². The van der Waals surface area contributed by atoms with Gasteiger partial charge in [-0.25, -0.2) is 0 Å². The van der Waals surface area contributed by atoms with Crippen molar-refractivity contribution in [3.8, 4) is 0 Å². The normalized spacial score (nSPS) is 12.3. The second-order valence-electron chi connectivity index (χ2n) is 3.22. The summed E-state index contributed by atoms with van der Waals surface area (Å²) < 4.78 is 0. The number of rotatable bonds is 3. The average molecular weight is 248 g/mol. The van der Waals surface area contributed by atoms with Crippen molar-refractivity contribution in [3.05, 3.63) is 33.8 Å². The van der Waals surface area contributed by atoms with Crippen molar-refractivity contribution in [1.29, 1.82) is 0 Å². The number of amides is 1. The highest BCUT2D eigenvalue weighted by Crippen LogP contribution is 2.18. The minimum Gasteiger partial charge on any atom is -0.392 e. The lowest BCUT2D eigenvalue weighted by Crippen LogP contribution is -2.30. The molecule has 0 saturated heterocycles. The van der Waals surface area contributed by atoms with Crippen LogP contribution in [0.4, 0.5) is 0 Å². The van der Waals surface area contributed by atoms with Crippen molar-refractivity contribution in [1.82, 2.24) is 5.32 Å². The fraction of sp³-hybridized carbons (Fsp3) is 0.300. The summed E-state index contributed by atoms with van der Waals surface area (Å²) in [6.45, 7) is 1.79. The van der Waals surface area contributed by atoms with Crippen LogP contribution in [0.3, 0.4) is 0 Å². The number of carbonyl (C=O) groups is 1. The Hall–Kier alpha value is -0.770. The lowest BCUT2D eigenvalue weighted by molar-refractivity contribution is 0.0924. The Morgan fingerprint density at radius 3 is 2.40 bits per heavy atom. The van der Waals surface area contributed by atoms with Gasteiger partial charge in [-0.2, -0.15) is 0 Å². The van der Waals surface area contributed by atoms with Crippen LogP contribution in [-0.2, 0) is 0 Å². The molecule has 0 aliphatic carbocycles. The van der Waals surface area contributed by atoms with E-state index in [4.69, 9.17) is 28.3 Å². The molecule has 1 unspecified atom stereocenters. The molecule has 82 valence electrons. The van der Waals surface area contributed by atoms with Crippen LogP contribution in [-0.4, -0.2) is 23.7 Å². The van der Waals surface area contributed by atoms with Crippen molar-refractivity contribution < 1.29 is 9.90 Å². The van der Waals surface area contributed by atoms with Crippen LogP contribution in [0.15, 0.2) is 18.2 Å². The molecule has 0 aliphatic rings. The van der Waals surface area contributed by atoms with Crippen LogP contribution >= 0.6 is 23.2 Å². The maximum atomic E-state index is 11.5. The van der Waals surface area contributed by atoms with Crippen molar-refractivity contribution >= 4 is 29.1 Å². The molecule has 2 N–H and O–H groups in total. The Morgan fingerprint density at radius 1 is 1.40 bits per heavy atom. The zero-order chi connectivity index (χ0) is 11.4. The van der Waals surface area contributed by atoms with Gasteiger partial charge >= 0.3 is 0 Å². The summed E-state index contributed by atoms with van der Waals surface area (Å²) in [4.78, 5) is 11.5. The van der Waals surface area contributed by atoms with Crippen molar-refractivity contribution in [2.45, 2.75) is 13.0 Å². The number of hydrogen-bond acceptors (Lipinski definition) is 2. The summed E-state index contributed by atoms with van der Waals surface area (Å²) in [6.07, 6.45) is -0.580. The Morgan fingerprint density at radius 2 is 1.93 bits per heavy atom. The maximum Gasteiger partial charge on any atom is 0.251 e. The first-order valence-corrected chi connectivity index (χ1v) is 5.17. The van der Waals surface area contributed by atoms with E-state index in [9.17, 15) is 4.79 Å². The first-order valence-electron chi connectivity index (χ1n) is 4.41. The predicted molar refractivity (Wildman–Crippen MR) is 60.5 cm³/mol. The molecule has 0 aliphatic heterocycles. The highest BCUT2D eigenvalue weighted by atomic mass is 35.5. The molecule has 15 heavy (non-hydrogen) atoms. The standard InChI is InChI=1S/C10H11Cl2NO2/c1-6(14)5-13-10(15)7-2-8(11)4-9(12)3-7/h2-4,6,14H,5H2,1H3,(H,13,15). The second kappa shape index (κ2) is 5.35. The Kier molecular flexibility index (Phi) is 4.39. The van der Waals surface area contributed by atoms with Crippen LogP contribution in [0.5, 0.6) is 0 Å². The molecule has 5 heteroatoms. The minimum atomic E-state index is -0.580. The van der Waals surface area contributed by atoms with E-state index < -0.39 is 6.10 Å². The molecule has 1 rings (SSSR count). The number of carbonyl (C=O) groups excluding carboxylic acids is 1. The van der Waals surface area contributed by atoms with E-state index in [1.54, 1.807) is 13.0 Å². The summed E-state index contributed by atoms with van der Waals surface area (Å²) in [5.41, 5.74) is 0.383. The van der Waals surface area contributed by atoms with E-state index in [2.05, 4.69) is 5.32 Å². The smallest absolute Gasteiger partial charge is 0.251 e. The van der Waals surface area contributed by atoms with Gasteiger partial charge in [0, 0.05) is 22.2 Å². The fourth-order valence-corrected chi connectivity index (χ4v) is 1.55. The van der Waals surface area contributed by atoms with Gasteiger partial charge in [-0.1, -0.05) is 23.2 Å². The summed E-state index contributed by atoms with van der Waals surface area (Å²) in [5, 5.41) is 12.4. The van der Waals surface area contributed by atoms with E-state index >= 15 is 0 Å². The predicted octanol–water partition coefficient (Wildman–Crippen LogP) is 2.10. The summed E-state index contributed by atoms with van der Waals surface area (Å²) in [7, 11) is 0. The number of aliphatic hydroxyl groups excluding tert-OH is 1. The van der Waals surface area contributed by atoms with Gasteiger partial charge in [-0.15, -0.1) is 0 Å². The monoisotopic (exact) mass is 247 g/mol. The second-order valence-corrected chi connectivity index (χ2v) is 4.09. The first kappa shape index (κ1) is 12.3. The third kappa shape index (κ3) is 4.08. The molecular formula is C10H11Cl2NO2. The first-order chi connectivity index (χ1) is 6.99. The van der Waals surface area contributed by atoms with E-state index in [-0.39, 0.29) is 12.5 Å². The van der Waals surface area contributed by atoms with Gasteiger partial charge in [0.1, 0.15) is 0 Å². The van der Waals surface area contributed by atoms with Gasteiger partial charge in [0.2, 0.25) is 0 Å². The molecule has 0 bridgehead atoms. The zero-order valence-electron chi connectivity index (χ0n) is 8.13. The largest absolute Gasteiger partial charge is 0.392 e. The van der Waals surface area contributed by atoms with E-state index in [1.165, 1.54) is 12.1 Å². The summed E-state index contributed by atoms with van der Waals surface area (Å²) in [6, 6.07) is 4.59. The fourth-order valence-electron chi connectivity index (χ4n) is 1.03. The highest BCUT2D eigenvalue weighted by molar-refractivity contribution is 6.35. The maximum absolute atomic E-state index is 11.5. The number of benzene rings is 1. The zero-order valence-corrected chi connectivity index (χ0v) is 9.64. The Balaban J connectivity index is 2.73. The van der Waals surface area contributed by atoms with Crippen molar-refractivity contribution in [3.63, 3.8) is 0 Å². The summed E-state index contributed by atoms with van der Waals surface area (Å²) in [5.74, 6) is -0.305. The summed E-state index contributed by atoms with van der Waals surface area (Å²) >= 11 is 11.5.